The van der Waals surface area contributed by atoms with Crippen molar-refractivity contribution in [2.24, 2.45) is 5.73 Å². The van der Waals surface area contributed by atoms with Gasteiger partial charge in [0.15, 0.2) is 0 Å². The number of likely N-dealkylation sites (N-methyl/N-ethyl adjacent to an activating group) is 1. The molecule has 0 aromatic heterocycles. The number of nitrogens with one attached hydrogen (secondary N) is 1. The monoisotopic (exact) mass is 365 g/mol. The van der Waals surface area contributed by atoms with E-state index in [4.69, 9.17) is 5.73 Å². The van der Waals surface area contributed by atoms with Gasteiger partial charge in [-0.3, -0.25) is 14.4 Å². The summed E-state index contributed by atoms with van der Waals surface area (Å²) in [5, 5.41) is 2.50. The van der Waals surface area contributed by atoms with Crippen molar-refractivity contribution >= 4 is 23.4 Å². The van der Waals surface area contributed by atoms with Crippen molar-refractivity contribution in [3.8, 4) is 0 Å². The predicted molar refractivity (Wildman–Crippen MR) is 103 cm³/mol. The summed E-state index contributed by atoms with van der Waals surface area (Å²) < 4.78 is 0. The molecule has 1 atom stereocenters. The molecule has 140 valence electrons. The van der Waals surface area contributed by atoms with Gasteiger partial charge in [0.25, 0.3) is 0 Å². The first-order valence-corrected chi connectivity index (χ1v) is 8.90. The van der Waals surface area contributed by atoms with Gasteiger partial charge in [0, 0.05) is 19.2 Å². The maximum Gasteiger partial charge on any atom is 0.237 e. The lowest BCUT2D eigenvalue weighted by molar-refractivity contribution is -0.126. The molecule has 0 spiro atoms. The first-order chi connectivity index (χ1) is 12.9. The second-order valence-corrected chi connectivity index (χ2v) is 6.87. The number of primary amides is 1. The van der Waals surface area contributed by atoms with Crippen LogP contribution in [0.4, 0.5) is 5.69 Å². The number of para-hydroxylation sites is 1. The average molecular weight is 365 g/mol. The first kappa shape index (κ1) is 18.6. The van der Waals surface area contributed by atoms with Gasteiger partial charge in [0.05, 0.1) is 12.0 Å². The largest absolute Gasteiger partial charge is 0.368 e. The number of nitrogens with two attached hydrogens (primary N) is 1. The lowest BCUT2D eigenvalue weighted by atomic mass is 9.73. The Labute approximate surface area is 158 Å². The molecule has 1 aliphatic heterocycles. The topological polar surface area (TPSA) is 92.5 Å². The quantitative estimate of drug-likeness (QED) is 0.779. The van der Waals surface area contributed by atoms with Crippen molar-refractivity contribution in [3.63, 3.8) is 0 Å². The van der Waals surface area contributed by atoms with Crippen molar-refractivity contribution in [1.29, 1.82) is 0 Å². The van der Waals surface area contributed by atoms with E-state index in [2.05, 4.69) is 5.32 Å². The minimum atomic E-state index is -0.809. The minimum absolute atomic E-state index is 0.0183. The van der Waals surface area contributed by atoms with Gasteiger partial charge < -0.3 is 16.0 Å². The molecule has 3 N–H and O–H groups in total. The summed E-state index contributed by atoms with van der Waals surface area (Å²) in [6, 6.07) is 17.5. The van der Waals surface area contributed by atoms with Crippen molar-refractivity contribution in [2.75, 3.05) is 18.5 Å². The molecule has 27 heavy (non-hydrogen) atoms. The van der Waals surface area contributed by atoms with Crippen LogP contribution in [0.3, 0.4) is 0 Å². The van der Waals surface area contributed by atoms with E-state index in [0.717, 1.165) is 16.8 Å². The second-order valence-electron chi connectivity index (χ2n) is 6.87. The van der Waals surface area contributed by atoms with E-state index < -0.39 is 11.3 Å². The highest BCUT2D eigenvalue weighted by atomic mass is 16.2. The van der Waals surface area contributed by atoms with Crippen LogP contribution >= 0.6 is 0 Å². The SMILES string of the molecule is CN1C(=O)C(CCC(=O)NCC(N)=O)(Cc2ccccc2)c2ccccc21. The standard InChI is InChI=1S/C21H23N3O3/c1-24-17-10-6-5-9-16(17)21(20(24)27,13-15-7-3-2-4-8-15)12-11-19(26)23-14-18(22)25/h2-10H,11-14H2,1H3,(H2,22,25)(H,23,26). The molecule has 0 saturated carbocycles. The maximum atomic E-state index is 13.3. The highest BCUT2D eigenvalue weighted by Crippen LogP contribution is 2.46. The molecule has 0 fully saturated rings. The van der Waals surface area contributed by atoms with Gasteiger partial charge in [0.1, 0.15) is 0 Å². The van der Waals surface area contributed by atoms with E-state index in [1.54, 1.807) is 11.9 Å². The zero-order valence-electron chi connectivity index (χ0n) is 15.3. The number of carbonyl (C=O) groups is 3. The van der Waals surface area contributed by atoms with Crippen LogP contribution in [0.25, 0.3) is 0 Å². The fraction of sp³-hybridized carbons (Fsp3) is 0.286. The Kier molecular flexibility index (Phi) is 5.26. The number of fused-ring (bicyclic) bond motifs is 1. The number of hydrogen-bond donors (Lipinski definition) is 2. The normalized spacial score (nSPS) is 18.3. The van der Waals surface area contributed by atoms with Gasteiger partial charge in [-0.2, -0.15) is 0 Å². The summed E-state index contributed by atoms with van der Waals surface area (Å²) in [5.74, 6) is -0.902. The van der Waals surface area contributed by atoms with Crippen molar-refractivity contribution < 1.29 is 14.4 Å². The molecule has 0 saturated heterocycles. The van der Waals surface area contributed by atoms with Crippen molar-refractivity contribution in [3.05, 3.63) is 65.7 Å². The number of anilines is 1. The number of amides is 3. The van der Waals surface area contributed by atoms with Crippen LogP contribution in [0.1, 0.15) is 24.0 Å². The Bertz CT molecular complexity index is 866. The summed E-state index contributed by atoms with van der Waals surface area (Å²) in [6.45, 7) is -0.199. The van der Waals surface area contributed by atoms with E-state index in [1.807, 2.05) is 54.6 Å². The highest BCUT2D eigenvalue weighted by molar-refractivity contribution is 6.08. The Balaban J connectivity index is 1.92. The van der Waals surface area contributed by atoms with Gasteiger partial charge >= 0.3 is 0 Å². The summed E-state index contributed by atoms with van der Waals surface area (Å²) in [4.78, 5) is 38.0. The predicted octanol–water partition coefficient (Wildman–Crippen LogP) is 1.53. The number of nitrogens with zero attached hydrogens (tertiary/aromatic N) is 1. The molecule has 2 aromatic rings. The minimum Gasteiger partial charge on any atom is -0.368 e. The van der Waals surface area contributed by atoms with Crippen molar-refractivity contribution in [1.82, 2.24) is 5.32 Å². The summed E-state index contributed by atoms with van der Waals surface area (Å²) in [7, 11) is 1.76. The lowest BCUT2D eigenvalue weighted by Gasteiger charge is -2.28. The Morgan fingerprint density at radius 2 is 1.74 bits per heavy atom. The van der Waals surface area contributed by atoms with Crippen molar-refractivity contribution in [2.45, 2.75) is 24.7 Å². The van der Waals surface area contributed by atoms with E-state index in [-0.39, 0.29) is 24.8 Å². The number of hydrogen-bond acceptors (Lipinski definition) is 3. The summed E-state index contributed by atoms with van der Waals surface area (Å²) >= 11 is 0. The molecule has 0 aliphatic carbocycles. The third kappa shape index (κ3) is 3.69. The lowest BCUT2D eigenvalue weighted by Crippen LogP contribution is -2.42. The second kappa shape index (κ2) is 7.61. The molecule has 1 heterocycles. The van der Waals surface area contributed by atoms with Crippen LogP contribution < -0.4 is 16.0 Å². The molecule has 0 bridgehead atoms. The van der Waals surface area contributed by atoms with Crippen LogP contribution in [0.15, 0.2) is 54.6 Å². The van der Waals surface area contributed by atoms with E-state index in [9.17, 15) is 14.4 Å². The molecule has 3 rings (SSSR count). The van der Waals surface area contributed by atoms with Crippen LogP contribution in [0.5, 0.6) is 0 Å². The average Bonchev–Trinajstić information content (AvgIpc) is 2.88. The van der Waals surface area contributed by atoms with Gasteiger partial charge in [-0.1, -0.05) is 48.5 Å². The smallest absolute Gasteiger partial charge is 0.237 e. The van der Waals surface area contributed by atoms with Gasteiger partial charge in [-0.25, -0.2) is 0 Å². The number of carbonyl (C=O) groups excluding carboxylic acids is 3. The maximum absolute atomic E-state index is 13.3. The Morgan fingerprint density at radius 1 is 1.07 bits per heavy atom. The molecular weight excluding hydrogens is 342 g/mol. The first-order valence-electron chi connectivity index (χ1n) is 8.90. The van der Waals surface area contributed by atoms with Crippen LogP contribution in [0, 0.1) is 0 Å². The number of benzene rings is 2. The Hall–Kier alpha value is -3.15. The van der Waals surface area contributed by atoms with E-state index >= 15 is 0 Å². The zero-order valence-corrected chi connectivity index (χ0v) is 15.3. The third-order valence-electron chi connectivity index (χ3n) is 5.08. The molecule has 1 unspecified atom stereocenters. The molecule has 6 nitrogen and oxygen atoms in total. The Morgan fingerprint density at radius 3 is 2.44 bits per heavy atom. The highest BCUT2D eigenvalue weighted by Gasteiger charge is 2.49. The zero-order chi connectivity index (χ0) is 19.4. The molecule has 2 aromatic carbocycles. The third-order valence-corrected chi connectivity index (χ3v) is 5.08. The molecule has 6 heteroatoms. The fourth-order valence-electron chi connectivity index (χ4n) is 3.76. The molecule has 0 radical (unpaired) electrons. The van der Waals surface area contributed by atoms with Crippen LogP contribution in [-0.2, 0) is 26.2 Å². The van der Waals surface area contributed by atoms with E-state index in [1.165, 1.54) is 0 Å². The molecule has 3 amide bonds. The fourth-order valence-corrected chi connectivity index (χ4v) is 3.76. The van der Waals surface area contributed by atoms with Gasteiger partial charge in [-0.15, -0.1) is 0 Å². The van der Waals surface area contributed by atoms with E-state index in [0.29, 0.717) is 12.8 Å². The summed E-state index contributed by atoms with van der Waals surface area (Å²) in [6.07, 6.45) is 0.998. The van der Waals surface area contributed by atoms with Gasteiger partial charge in [0.2, 0.25) is 17.7 Å². The van der Waals surface area contributed by atoms with Crippen LogP contribution in [-0.4, -0.2) is 31.3 Å². The summed E-state index contributed by atoms with van der Waals surface area (Å²) in [5.41, 5.74) is 7.11. The molecular formula is C21H23N3O3. The van der Waals surface area contributed by atoms with Crippen LogP contribution in [0.2, 0.25) is 0 Å². The number of rotatable bonds is 7. The molecule has 1 aliphatic rings. The van der Waals surface area contributed by atoms with Gasteiger partial charge in [-0.05, 0) is 30.0 Å².